The highest BCUT2D eigenvalue weighted by molar-refractivity contribution is 6.17. The molecule has 0 fully saturated rings. The first-order chi connectivity index (χ1) is 26.0. The van der Waals surface area contributed by atoms with Gasteiger partial charge in [0.1, 0.15) is 22.8 Å². The predicted octanol–water partition coefficient (Wildman–Crippen LogP) is 11.5. The van der Waals surface area contributed by atoms with Gasteiger partial charge in [-0.05, 0) is 58.7 Å². The normalized spacial score (nSPS) is 15.1. The molecule has 0 saturated carbocycles. The Morgan fingerprint density at radius 2 is 1.19 bits per heavy atom. The van der Waals surface area contributed by atoms with Crippen LogP contribution in [0.2, 0.25) is 0 Å². The summed E-state index contributed by atoms with van der Waals surface area (Å²) in [6, 6.07) is 55.8. The molecule has 5 heteroatoms. The van der Waals surface area contributed by atoms with Gasteiger partial charge >= 0.3 is 0 Å². The highest BCUT2D eigenvalue weighted by Crippen LogP contribution is 2.51. The minimum absolute atomic E-state index is 0.102. The predicted molar refractivity (Wildman–Crippen MR) is 217 cm³/mol. The first-order valence-corrected chi connectivity index (χ1v) is 18.2. The SMILES string of the molecule is CC1(C)c2ccccc2-c2cc3c(cc21)c1ccccc1n3-c1cc(C2N=C(c3ccccc3)NC(c3ccccc3)=N2)cc2oc3ccccc3c12. The Balaban J connectivity index is 1.22. The van der Waals surface area contributed by atoms with Gasteiger partial charge in [-0.2, -0.15) is 0 Å². The first kappa shape index (κ1) is 30.0. The summed E-state index contributed by atoms with van der Waals surface area (Å²) in [5.74, 6) is 1.56. The molecule has 53 heavy (non-hydrogen) atoms. The van der Waals surface area contributed by atoms with Crippen molar-refractivity contribution < 1.29 is 4.42 Å². The van der Waals surface area contributed by atoms with Crippen molar-refractivity contribution in [1.29, 1.82) is 0 Å². The van der Waals surface area contributed by atoms with Crippen LogP contribution in [0.5, 0.6) is 0 Å². The molecule has 0 spiro atoms. The van der Waals surface area contributed by atoms with E-state index in [0.29, 0.717) is 0 Å². The molecule has 2 aromatic heterocycles. The molecule has 7 aromatic carbocycles. The molecule has 1 aliphatic carbocycles. The first-order valence-electron chi connectivity index (χ1n) is 18.2. The molecule has 11 rings (SSSR count). The van der Waals surface area contributed by atoms with E-state index in [-0.39, 0.29) is 5.41 Å². The third-order valence-electron chi connectivity index (χ3n) is 11.2. The standard InChI is InChI=1S/C48H34N4O/c1-48(2)37-22-12-9-19-32(37)35-28-40-36(27-38(35)48)33-20-10-13-23-39(33)52(40)41-25-31(26-43-44(41)34-21-11-14-24-42(34)53-43)47-50-45(29-15-5-3-6-16-29)49-46(51-47)30-17-7-4-8-18-30/h3-28,47H,1-2H3,(H,49,50,51). The van der Waals surface area contributed by atoms with E-state index in [1.807, 2.05) is 42.5 Å². The molecule has 2 aliphatic rings. The summed E-state index contributed by atoms with van der Waals surface area (Å²) in [7, 11) is 0. The number of nitrogens with zero attached hydrogens (tertiary/aromatic N) is 3. The van der Waals surface area contributed by atoms with Crippen LogP contribution in [0.15, 0.2) is 172 Å². The summed E-state index contributed by atoms with van der Waals surface area (Å²) in [5, 5.41) is 8.15. The fourth-order valence-electron chi connectivity index (χ4n) is 8.69. The van der Waals surface area contributed by atoms with Crippen LogP contribution in [0.25, 0.3) is 60.6 Å². The van der Waals surface area contributed by atoms with Crippen molar-refractivity contribution in [1.82, 2.24) is 9.88 Å². The van der Waals surface area contributed by atoms with Gasteiger partial charge in [0, 0.05) is 38.3 Å². The number of aromatic nitrogens is 1. The van der Waals surface area contributed by atoms with Gasteiger partial charge in [0.15, 0.2) is 6.17 Å². The molecule has 0 bridgehead atoms. The van der Waals surface area contributed by atoms with Crippen LogP contribution >= 0.6 is 0 Å². The molecule has 1 N–H and O–H groups in total. The van der Waals surface area contributed by atoms with Gasteiger partial charge in [-0.1, -0.05) is 135 Å². The van der Waals surface area contributed by atoms with Crippen molar-refractivity contribution in [2.24, 2.45) is 9.98 Å². The van der Waals surface area contributed by atoms with Gasteiger partial charge in [0.05, 0.1) is 22.1 Å². The maximum absolute atomic E-state index is 6.69. The molecular weight excluding hydrogens is 649 g/mol. The third kappa shape index (κ3) is 4.44. The molecule has 1 aliphatic heterocycles. The largest absolute Gasteiger partial charge is 0.456 e. The molecule has 0 saturated heterocycles. The van der Waals surface area contributed by atoms with Crippen molar-refractivity contribution in [3.8, 4) is 16.8 Å². The van der Waals surface area contributed by atoms with E-state index >= 15 is 0 Å². The van der Waals surface area contributed by atoms with Crippen molar-refractivity contribution in [2.45, 2.75) is 25.4 Å². The summed E-state index contributed by atoms with van der Waals surface area (Å²) < 4.78 is 9.13. The molecular formula is C48H34N4O. The zero-order valence-electron chi connectivity index (χ0n) is 29.3. The second-order valence-corrected chi connectivity index (χ2v) is 14.6. The van der Waals surface area contributed by atoms with Crippen molar-refractivity contribution in [2.75, 3.05) is 0 Å². The highest BCUT2D eigenvalue weighted by atomic mass is 16.3. The van der Waals surface area contributed by atoms with Gasteiger partial charge in [-0.15, -0.1) is 0 Å². The van der Waals surface area contributed by atoms with E-state index in [2.05, 4.69) is 139 Å². The number of benzene rings is 7. The number of hydrogen-bond donors (Lipinski definition) is 1. The molecule has 5 nitrogen and oxygen atoms in total. The van der Waals surface area contributed by atoms with Gasteiger partial charge in [-0.3, -0.25) is 0 Å². The Morgan fingerprint density at radius 1 is 0.547 bits per heavy atom. The summed E-state index contributed by atoms with van der Waals surface area (Å²) >= 11 is 0. The van der Waals surface area contributed by atoms with Crippen LogP contribution in [0.1, 0.15) is 47.8 Å². The molecule has 0 amide bonds. The molecule has 0 atom stereocenters. The van der Waals surface area contributed by atoms with E-state index in [4.69, 9.17) is 14.4 Å². The number of amidine groups is 2. The van der Waals surface area contributed by atoms with Gasteiger partial charge < -0.3 is 14.3 Å². The number of fused-ring (bicyclic) bond motifs is 9. The van der Waals surface area contributed by atoms with Crippen molar-refractivity contribution in [3.63, 3.8) is 0 Å². The highest BCUT2D eigenvalue weighted by Gasteiger charge is 2.36. The van der Waals surface area contributed by atoms with Gasteiger partial charge in [0.2, 0.25) is 0 Å². The lowest BCUT2D eigenvalue weighted by Gasteiger charge is -2.23. The Bertz CT molecular complexity index is 2950. The van der Waals surface area contributed by atoms with Crippen molar-refractivity contribution >= 4 is 55.4 Å². The lowest BCUT2D eigenvalue weighted by atomic mass is 9.82. The third-order valence-corrected chi connectivity index (χ3v) is 11.2. The van der Waals surface area contributed by atoms with Crippen LogP contribution in [-0.2, 0) is 5.41 Å². The molecule has 252 valence electrons. The number of hydrogen-bond acceptors (Lipinski definition) is 4. The van der Waals surface area contributed by atoms with E-state index in [1.165, 1.54) is 33.0 Å². The second kappa shape index (κ2) is 11.1. The summed E-state index contributed by atoms with van der Waals surface area (Å²) in [6.45, 7) is 4.70. The Labute approximate surface area is 306 Å². The second-order valence-electron chi connectivity index (χ2n) is 14.6. The smallest absolute Gasteiger partial charge is 0.169 e. The average Bonchev–Trinajstić information content (AvgIpc) is 3.83. The van der Waals surface area contributed by atoms with Gasteiger partial charge in [0.25, 0.3) is 0 Å². The lowest BCUT2D eigenvalue weighted by molar-refractivity contribution is 0.661. The lowest BCUT2D eigenvalue weighted by Crippen LogP contribution is -2.36. The maximum atomic E-state index is 6.69. The summed E-state index contributed by atoms with van der Waals surface area (Å²) in [5.41, 5.74) is 13.2. The van der Waals surface area contributed by atoms with Crippen LogP contribution in [0.4, 0.5) is 0 Å². The fourth-order valence-corrected chi connectivity index (χ4v) is 8.69. The Hall–Kier alpha value is -6.72. The van der Waals surface area contributed by atoms with E-state index in [1.54, 1.807) is 0 Å². The van der Waals surface area contributed by atoms with Gasteiger partial charge in [-0.25, -0.2) is 9.98 Å². The quantitative estimate of drug-likeness (QED) is 0.201. The average molecular weight is 683 g/mol. The molecule has 0 unspecified atom stereocenters. The Kier molecular flexibility index (Phi) is 6.30. The van der Waals surface area contributed by atoms with E-state index in [9.17, 15) is 0 Å². The molecule has 3 heterocycles. The van der Waals surface area contributed by atoms with Crippen LogP contribution in [0.3, 0.4) is 0 Å². The maximum Gasteiger partial charge on any atom is 0.169 e. The van der Waals surface area contributed by atoms with Crippen LogP contribution in [-0.4, -0.2) is 16.2 Å². The summed E-state index contributed by atoms with van der Waals surface area (Å²) in [4.78, 5) is 10.5. The van der Waals surface area contributed by atoms with E-state index < -0.39 is 6.17 Å². The number of rotatable bonds is 4. The fraction of sp³-hybridized carbons (Fsp3) is 0.0833. The van der Waals surface area contributed by atoms with Crippen LogP contribution < -0.4 is 5.32 Å². The minimum atomic E-state index is -0.511. The van der Waals surface area contributed by atoms with Crippen LogP contribution in [0, 0.1) is 0 Å². The number of nitrogens with one attached hydrogen (secondary N) is 1. The molecule has 0 radical (unpaired) electrons. The monoisotopic (exact) mass is 682 g/mol. The Morgan fingerprint density at radius 3 is 1.94 bits per heavy atom. The summed E-state index contributed by atoms with van der Waals surface area (Å²) in [6.07, 6.45) is -0.511. The number of para-hydroxylation sites is 2. The zero-order valence-corrected chi connectivity index (χ0v) is 29.3. The number of furan rings is 1. The topological polar surface area (TPSA) is 54.8 Å². The zero-order chi connectivity index (χ0) is 35.3. The molecule has 9 aromatic rings. The van der Waals surface area contributed by atoms with E-state index in [0.717, 1.165) is 67.0 Å². The number of aliphatic imine (C=N–C) groups is 2. The van der Waals surface area contributed by atoms with Crippen molar-refractivity contribution in [3.05, 3.63) is 186 Å². The minimum Gasteiger partial charge on any atom is -0.456 e.